The molecule has 0 aromatic carbocycles. The van der Waals surface area contributed by atoms with Gasteiger partial charge in [0.15, 0.2) is 0 Å². The number of carbonyl (C=O) groups is 1. The van der Waals surface area contributed by atoms with Gasteiger partial charge in [-0.2, -0.15) is 0 Å². The van der Waals surface area contributed by atoms with E-state index in [4.69, 9.17) is 0 Å². The molecule has 0 radical (unpaired) electrons. The highest BCUT2D eigenvalue weighted by Crippen LogP contribution is 2.14. The maximum Gasteiger partial charge on any atom is 0.239 e. The zero-order valence-electron chi connectivity index (χ0n) is 8.41. The van der Waals surface area contributed by atoms with Crippen LogP contribution in [0.4, 0.5) is 0 Å². The van der Waals surface area contributed by atoms with Crippen molar-refractivity contribution < 1.29 is 9.90 Å². The molecule has 1 amide bonds. The van der Waals surface area contributed by atoms with Crippen molar-refractivity contribution in [1.29, 1.82) is 0 Å². The summed E-state index contributed by atoms with van der Waals surface area (Å²) in [6.07, 6.45) is 3.73. The molecule has 0 unspecified atom stereocenters. The third kappa shape index (κ3) is 2.07. The molecule has 2 fully saturated rings. The maximum absolute atomic E-state index is 11.9. The predicted molar refractivity (Wildman–Crippen MR) is 52.8 cm³/mol. The number of likely N-dealkylation sites (tertiary alicyclic amines) is 1. The number of nitrogens with one attached hydrogen (secondary N) is 1. The lowest BCUT2D eigenvalue weighted by molar-refractivity contribution is -0.134. The number of aliphatic hydroxyl groups is 1. The topological polar surface area (TPSA) is 52.6 Å². The van der Waals surface area contributed by atoms with Gasteiger partial charge >= 0.3 is 0 Å². The molecular weight excluding hydrogens is 180 g/mol. The fourth-order valence-electron chi connectivity index (χ4n) is 2.24. The van der Waals surface area contributed by atoms with E-state index in [9.17, 15) is 9.90 Å². The molecule has 2 atom stereocenters. The summed E-state index contributed by atoms with van der Waals surface area (Å²) in [6.45, 7) is 2.35. The zero-order valence-corrected chi connectivity index (χ0v) is 8.41. The molecular formula is C10H18N2O2. The van der Waals surface area contributed by atoms with Crippen LogP contribution in [0, 0.1) is 0 Å². The van der Waals surface area contributed by atoms with E-state index in [0.29, 0.717) is 13.0 Å². The summed E-state index contributed by atoms with van der Waals surface area (Å²) in [7, 11) is 0. The maximum atomic E-state index is 11.9. The number of amides is 1. The number of piperidine rings is 1. The molecule has 2 N–H and O–H groups in total. The number of aliphatic hydroxyl groups excluding tert-OH is 1. The standard InChI is InChI=1S/C10H18N2O2/c13-8-6-9(11-7-8)10(14)12-4-2-1-3-5-12/h8-9,11,13H,1-7H2/t8-,9-/m1/s1. The summed E-state index contributed by atoms with van der Waals surface area (Å²) >= 11 is 0. The number of hydrogen-bond acceptors (Lipinski definition) is 3. The second-order valence-electron chi connectivity index (χ2n) is 4.24. The lowest BCUT2D eigenvalue weighted by atomic mass is 10.1. The minimum Gasteiger partial charge on any atom is -0.392 e. The van der Waals surface area contributed by atoms with Crippen molar-refractivity contribution in [3.8, 4) is 0 Å². The molecule has 2 heterocycles. The molecule has 0 saturated carbocycles. The van der Waals surface area contributed by atoms with Gasteiger partial charge in [0.25, 0.3) is 0 Å². The van der Waals surface area contributed by atoms with Crippen LogP contribution in [0.15, 0.2) is 0 Å². The molecule has 0 aliphatic carbocycles. The molecule has 4 nitrogen and oxygen atoms in total. The molecule has 2 aliphatic rings. The van der Waals surface area contributed by atoms with Crippen LogP contribution in [0.5, 0.6) is 0 Å². The van der Waals surface area contributed by atoms with Crippen LogP contribution < -0.4 is 5.32 Å². The molecule has 80 valence electrons. The van der Waals surface area contributed by atoms with E-state index in [-0.39, 0.29) is 18.1 Å². The van der Waals surface area contributed by atoms with Crippen LogP contribution in [0.2, 0.25) is 0 Å². The number of nitrogens with zero attached hydrogens (tertiary/aromatic N) is 1. The summed E-state index contributed by atoms with van der Waals surface area (Å²) in [5.41, 5.74) is 0. The number of carbonyl (C=O) groups excluding carboxylic acids is 1. The lowest BCUT2D eigenvalue weighted by Crippen LogP contribution is -2.45. The van der Waals surface area contributed by atoms with Crippen LogP contribution in [0.25, 0.3) is 0 Å². The van der Waals surface area contributed by atoms with E-state index in [2.05, 4.69) is 5.32 Å². The second kappa shape index (κ2) is 4.28. The number of β-amino-alcohol motifs (C(OH)–C–C–N with tert-alkyl or cyclic N) is 1. The van der Waals surface area contributed by atoms with E-state index in [1.807, 2.05) is 4.90 Å². The van der Waals surface area contributed by atoms with Crippen molar-refractivity contribution in [2.24, 2.45) is 0 Å². The molecule has 0 aromatic heterocycles. The van der Waals surface area contributed by atoms with E-state index in [1.165, 1.54) is 6.42 Å². The Kier molecular flexibility index (Phi) is 3.03. The lowest BCUT2D eigenvalue weighted by Gasteiger charge is -2.29. The molecule has 2 saturated heterocycles. The van der Waals surface area contributed by atoms with Crippen molar-refractivity contribution >= 4 is 5.91 Å². The van der Waals surface area contributed by atoms with Crippen molar-refractivity contribution in [3.63, 3.8) is 0 Å². The van der Waals surface area contributed by atoms with Gasteiger partial charge in [0.2, 0.25) is 5.91 Å². The van der Waals surface area contributed by atoms with Gasteiger partial charge in [-0.3, -0.25) is 4.79 Å². The Hall–Kier alpha value is -0.610. The fraction of sp³-hybridized carbons (Fsp3) is 0.900. The monoisotopic (exact) mass is 198 g/mol. The summed E-state index contributed by atoms with van der Waals surface area (Å²) < 4.78 is 0. The Bertz CT molecular complexity index is 207. The van der Waals surface area contributed by atoms with E-state index in [1.54, 1.807) is 0 Å². The molecule has 2 rings (SSSR count). The van der Waals surface area contributed by atoms with Crippen LogP contribution in [0.1, 0.15) is 25.7 Å². The predicted octanol–water partition coefficient (Wildman–Crippen LogP) is -0.278. The van der Waals surface area contributed by atoms with Crippen LogP contribution in [0.3, 0.4) is 0 Å². The Balaban J connectivity index is 1.87. The number of hydrogen-bond donors (Lipinski definition) is 2. The first-order valence-corrected chi connectivity index (χ1v) is 5.47. The zero-order chi connectivity index (χ0) is 9.97. The molecule has 14 heavy (non-hydrogen) atoms. The minimum absolute atomic E-state index is 0.136. The first-order chi connectivity index (χ1) is 6.77. The normalized spacial score (nSPS) is 33.4. The Morgan fingerprint density at radius 3 is 2.57 bits per heavy atom. The van der Waals surface area contributed by atoms with Crippen molar-refractivity contribution in [2.75, 3.05) is 19.6 Å². The van der Waals surface area contributed by atoms with E-state index < -0.39 is 0 Å². The van der Waals surface area contributed by atoms with Crippen LogP contribution >= 0.6 is 0 Å². The summed E-state index contributed by atoms with van der Waals surface area (Å²) in [5, 5.41) is 12.4. The minimum atomic E-state index is -0.339. The van der Waals surface area contributed by atoms with Gasteiger partial charge in [-0.15, -0.1) is 0 Å². The van der Waals surface area contributed by atoms with Gasteiger partial charge in [0, 0.05) is 19.6 Å². The second-order valence-corrected chi connectivity index (χ2v) is 4.24. The van der Waals surface area contributed by atoms with Crippen molar-refractivity contribution in [2.45, 2.75) is 37.8 Å². The smallest absolute Gasteiger partial charge is 0.239 e. The quantitative estimate of drug-likeness (QED) is 0.609. The average Bonchev–Trinajstić information content (AvgIpc) is 2.65. The molecule has 2 aliphatic heterocycles. The van der Waals surface area contributed by atoms with E-state index >= 15 is 0 Å². The Morgan fingerprint density at radius 1 is 1.29 bits per heavy atom. The van der Waals surface area contributed by atoms with Gasteiger partial charge < -0.3 is 15.3 Å². The van der Waals surface area contributed by atoms with E-state index in [0.717, 1.165) is 25.9 Å². The fourth-order valence-corrected chi connectivity index (χ4v) is 2.24. The van der Waals surface area contributed by atoms with Gasteiger partial charge in [-0.25, -0.2) is 0 Å². The summed E-state index contributed by atoms with van der Waals surface area (Å²) in [6, 6.07) is -0.136. The first-order valence-electron chi connectivity index (χ1n) is 5.47. The molecule has 4 heteroatoms. The highest BCUT2D eigenvalue weighted by molar-refractivity contribution is 5.82. The van der Waals surface area contributed by atoms with Crippen molar-refractivity contribution in [1.82, 2.24) is 10.2 Å². The van der Waals surface area contributed by atoms with Gasteiger partial charge in [-0.05, 0) is 25.7 Å². The number of rotatable bonds is 1. The Morgan fingerprint density at radius 2 is 2.00 bits per heavy atom. The highest BCUT2D eigenvalue weighted by Gasteiger charge is 2.31. The SMILES string of the molecule is O=C([C@H]1C[C@@H](O)CN1)N1CCCCC1. The van der Waals surface area contributed by atoms with Gasteiger partial charge in [0.1, 0.15) is 0 Å². The average molecular weight is 198 g/mol. The molecule has 0 bridgehead atoms. The summed E-state index contributed by atoms with van der Waals surface area (Å²) in [5.74, 6) is 0.182. The Labute approximate surface area is 84.3 Å². The van der Waals surface area contributed by atoms with Gasteiger partial charge in [0.05, 0.1) is 12.1 Å². The highest BCUT2D eigenvalue weighted by atomic mass is 16.3. The first kappa shape index (κ1) is 9.93. The van der Waals surface area contributed by atoms with Crippen molar-refractivity contribution in [3.05, 3.63) is 0 Å². The van der Waals surface area contributed by atoms with Crippen LogP contribution in [-0.4, -0.2) is 47.7 Å². The van der Waals surface area contributed by atoms with Gasteiger partial charge in [-0.1, -0.05) is 0 Å². The third-order valence-electron chi connectivity index (χ3n) is 3.07. The van der Waals surface area contributed by atoms with Crippen LogP contribution in [-0.2, 0) is 4.79 Å². The largest absolute Gasteiger partial charge is 0.392 e. The summed E-state index contributed by atoms with van der Waals surface area (Å²) in [4.78, 5) is 13.8. The third-order valence-corrected chi connectivity index (χ3v) is 3.07. The molecule has 0 spiro atoms. The molecule has 0 aromatic rings.